The van der Waals surface area contributed by atoms with E-state index in [0.29, 0.717) is 6.07 Å². The Kier molecular flexibility index (Phi) is 10.6. The molecule has 0 radical (unpaired) electrons. The molecule has 0 aliphatic heterocycles. The van der Waals surface area contributed by atoms with Crippen molar-refractivity contribution in [3.63, 3.8) is 0 Å². The Morgan fingerprint density at radius 1 is 1.08 bits per heavy atom. The first-order valence-electron chi connectivity index (χ1n) is 10.6. The average molecular weight is 606 g/mol. The molecule has 0 aliphatic rings. The molecule has 17 heteroatoms. The summed E-state index contributed by atoms with van der Waals surface area (Å²) in [6.45, 7) is 0.323. The Hall–Kier alpha value is -1.65. The molecule has 0 heterocycles. The number of benzene rings is 2. The SMILES string of the molecule is CN(CC[C@H](CSc1ccccc1)Nc1ccc(S(N)(=O)=O)cc1S(=O)(=O)C(F)(F)F)CCP(=O)(O)O. The van der Waals surface area contributed by atoms with E-state index in [2.05, 4.69) is 5.32 Å². The van der Waals surface area contributed by atoms with Crippen LogP contribution in [0.2, 0.25) is 0 Å². The highest BCUT2D eigenvalue weighted by Crippen LogP contribution is 2.36. The molecule has 2 rings (SSSR count). The molecule has 0 saturated carbocycles. The minimum absolute atomic E-state index is 0.0551. The van der Waals surface area contributed by atoms with Crippen molar-refractivity contribution < 1.29 is 44.4 Å². The Morgan fingerprint density at radius 2 is 1.70 bits per heavy atom. The van der Waals surface area contributed by atoms with Crippen molar-refractivity contribution in [3.05, 3.63) is 48.5 Å². The number of nitrogens with zero attached hydrogens (tertiary/aromatic N) is 1. The number of sulfone groups is 1. The van der Waals surface area contributed by atoms with Crippen LogP contribution < -0.4 is 10.5 Å². The van der Waals surface area contributed by atoms with E-state index in [1.165, 1.54) is 11.8 Å². The molecule has 0 spiro atoms. The van der Waals surface area contributed by atoms with Gasteiger partial charge in [-0.25, -0.2) is 22.0 Å². The summed E-state index contributed by atoms with van der Waals surface area (Å²) in [6.07, 6.45) is -0.136. The third-order valence-electron chi connectivity index (χ3n) is 5.06. The average Bonchev–Trinajstić information content (AvgIpc) is 2.78. The van der Waals surface area contributed by atoms with Gasteiger partial charge in [0.05, 0.1) is 16.7 Å². The number of alkyl halides is 3. The minimum atomic E-state index is -5.95. The summed E-state index contributed by atoms with van der Waals surface area (Å²) in [7, 11) is -13.1. The van der Waals surface area contributed by atoms with Crippen LogP contribution in [0, 0.1) is 0 Å². The summed E-state index contributed by atoms with van der Waals surface area (Å²) < 4.78 is 99.2. The number of hydrogen-bond acceptors (Lipinski definition) is 8. The largest absolute Gasteiger partial charge is 0.501 e. The van der Waals surface area contributed by atoms with Gasteiger partial charge in [-0.2, -0.15) is 13.2 Å². The Balaban J connectivity index is 2.38. The lowest BCUT2D eigenvalue weighted by Gasteiger charge is -2.25. The van der Waals surface area contributed by atoms with Crippen LogP contribution in [0.4, 0.5) is 18.9 Å². The Labute approximate surface area is 217 Å². The number of primary sulfonamides is 1. The van der Waals surface area contributed by atoms with E-state index in [4.69, 9.17) is 14.9 Å². The van der Waals surface area contributed by atoms with Crippen molar-refractivity contribution in [2.24, 2.45) is 5.14 Å². The molecule has 37 heavy (non-hydrogen) atoms. The van der Waals surface area contributed by atoms with E-state index in [0.717, 1.165) is 17.0 Å². The van der Waals surface area contributed by atoms with Crippen molar-refractivity contribution >= 4 is 44.9 Å². The molecule has 0 aromatic heterocycles. The summed E-state index contributed by atoms with van der Waals surface area (Å²) in [6, 6.07) is 10.6. The smallest absolute Gasteiger partial charge is 0.380 e. The highest BCUT2D eigenvalue weighted by molar-refractivity contribution is 7.99. The number of sulfonamides is 1. The number of nitrogens with two attached hydrogens (primary N) is 1. The van der Waals surface area contributed by atoms with Crippen molar-refractivity contribution in [1.82, 2.24) is 4.90 Å². The van der Waals surface area contributed by atoms with Gasteiger partial charge in [-0.05, 0) is 50.3 Å². The molecule has 0 bridgehead atoms. The number of rotatable bonds is 13. The molecule has 2 aromatic carbocycles. The normalized spacial score (nSPS) is 14.1. The van der Waals surface area contributed by atoms with Crippen LogP contribution in [0.15, 0.2) is 63.2 Å². The summed E-state index contributed by atoms with van der Waals surface area (Å²) in [5.74, 6) is 0.277. The van der Waals surface area contributed by atoms with E-state index in [9.17, 15) is 34.6 Å². The second-order valence-electron chi connectivity index (χ2n) is 8.10. The molecule has 0 fully saturated rings. The fourth-order valence-electron chi connectivity index (χ4n) is 3.07. The molecule has 0 unspecified atom stereocenters. The van der Waals surface area contributed by atoms with E-state index >= 15 is 0 Å². The molecule has 1 atom stereocenters. The summed E-state index contributed by atoms with van der Waals surface area (Å²) in [5, 5.41) is 7.78. The molecular formula is C20H27F3N3O7PS3. The number of anilines is 1. The molecule has 0 saturated heterocycles. The number of hydrogen-bond donors (Lipinski definition) is 4. The van der Waals surface area contributed by atoms with Gasteiger partial charge in [0.1, 0.15) is 4.90 Å². The maximum atomic E-state index is 13.4. The van der Waals surface area contributed by atoms with Crippen LogP contribution in [0.25, 0.3) is 0 Å². The van der Waals surface area contributed by atoms with Gasteiger partial charge in [-0.1, -0.05) is 18.2 Å². The van der Waals surface area contributed by atoms with Crippen LogP contribution in [0.1, 0.15) is 6.42 Å². The lowest BCUT2D eigenvalue weighted by molar-refractivity contribution is -0.0435. The third kappa shape index (κ3) is 9.87. The van der Waals surface area contributed by atoms with Gasteiger partial charge in [0, 0.05) is 23.2 Å². The third-order valence-corrected chi connectivity index (χ3v) is 9.46. The molecule has 10 nitrogen and oxygen atoms in total. The lowest BCUT2D eigenvalue weighted by atomic mass is 10.2. The molecule has 208 valence electrons. The fourth-order valence-corrected chi connectivity index (χ4v) is 6.22. The topological polar surface area (TPSA) is 167 Å². The van der Waals surface area contributed by atoms with Gasteiger partial charge in [0.15, 0.2) is 0 Å². The predicted octanol–water partition coefficient (Wildman–Crippen LogP) is 2.70. The highest BCUT2D eigenvalue weighted by Gasteiger charge is 2.48. The first-order valence-corrected chi connectivity index (χ1v) is 16.4. The Bertz CT molecular complexity index is 1320. The van der Waals surface area contributed by atoms with Crippen LogP contribution in [-0.4, -0.2) is 75.1 Å². The zero-order chi connectivity index (χ0) is 28.1. The van der Waals surface area contributed by atoms with E-state index in [1.807, 2.05) is 12.1 Å². The van der Waals surface area contributed by atoms with Gasteiger partial charge < -0.3 is 20.0 Å². The number of halogens is 3. The van der Waals surface area contributed by atoms with Gasteiger partial charge in [-0.3, -0.25) is 4.57 Å². The molecule has 0 amide bonds. The van der Waals surface area contributed by atoms with Crippen molar-refractivity contribution in [3.8, 4) is 0 Å². The zero-order valence-corrected chi connectivity index (χ0v) is 22.8. The molecule has 0 aliphatic carbocycles. The highest BCUT2D eigenvalue weighted by atomic mass is 32.2. The molecule has 5 N–H and O–H groups in total. The summed E-state index contributed by atoms with van der Waals surface area (Å²) in [5.41, 5.74) is -6.15. The van der Waals surface area contributed by atoms with E-state index in [-0.39, 0.29) is 31.4 Å². The summed E-state index contributed by atoms with van der Waals surface area (Å²) >= 11 is 1.35. The second kappa shape index (κ2) is 12.5. The first kappa shape index (κ1) is 31.6. The number of nitrogens with one attached hydrogen (secondary N) is 1. The minimum Gasteiger partial charge on any atom is -0.380 e. The predicted molar refractivity (Wildman–Crippen MR) is 135 cm³/mol. The van der Waals surface area contributed by atoms with Crippen molar-refractivity contribution in [2.75, 3.05) is 37.4 Å². The van der Waals surface area contributed by atoms with Gasteiger partial charge >= 0.3 is 13.1 Å². The van der Waals surface area contributed by atoms with Crippen molar-refractivity contribution in [2.45, 2.75) is 32.7 Å². The van der Waals surface area contributed by atoms with Crippen molar-refractivity contribution in [1.29, 1.82) is 0 Å². The summed E-state index contributed by atoms with van der Waals surface area (Å²) in [4.78, 5) is 18.5. The molecule has 2 aromatic rings. The van der Waals surface area contributed by atoms with E-state index < -0.39 is 54.5 Å². The lowest BCUT2D eigenvalue weighted by Crippen LogP contribution is -2.32. The zero-order valence-electron chi connectivity index (χ0n) is 19.5. The van der Waals surface area contributed by atoms with Gasteiger partial charge in [-0.15, -0.1) is 11.8 Å². The Morgan fingerprint density at radius 3 is 2.24 bits per heavy atom. The maximum Gasteiger partial charge on any atom is 0.501 e. The number of thioether (sulfide) groups is 1. The van der Waals surface area contributed by atoms with Crippen LogP contribution in [0.3, 0.4) is 0 Å². The standard InChI is InChI=1S/C20H27F3N3O7PS3/c1-26(11-12-34(27,28)29)10-9-15(14-35-16-5-3-2-4-6-16)25-18-8-7-17(37(24,32)33)13-19(18)36(30,31)20(21,22)23/h2-8,13,15,25H,9-12,14H2,1H3,(H2,24,32,33)(H2,27,28,29)/t15-/m1/s1. The fraction of sp³-hybridized carbons (Fsp3) is 0.400. The second-order valence-corrected chi connectivity index (χ2v) is 14.4. The van der Waals surface area contributed by atoms with Crippen LogP contribution in [-0.2, 0) is 24.4 Å². The van der Waals surface area contributed by atoms with Crippen LogP contribution in [0.5, 0.6) is 0 Å². The van der Waals surface area contributed by atoms with E-state index in [1.54, 1.807) is 30.1 Å². The van der Waals surface area contributed by atoms with Gasteiger partial charge in [0.2, 0.25) is 10.0 Å². The first-order chi connectivity index (χ1) is 16.9. The van der Waals surface area contributed by atoms with Gasteiger partial charge in [0.25, 0.3) is 9.84 Å². The van der Waals surface area contributed by atoms with Crippen LogP contribution >= 0.6 is 19.4 Å². The quantitative estimate of drug-likeness (QED) is 0.197. The molecular weight excluding hydrogens is 578 g/mol. The maximum absolute atomic E-state index is 13.4. The monoisotopic (exact) mass is 605 g/mol.